The topological polar surface area (TPSA) is 182 Å². The molecule has 0 aliphatic carbocycles. The molecule has 16 heteroatoms. The van der Waals surface area contributed by atoms with Crippen LogP contribution in [0.2, 0.25) is 0 Å². The SMILES string of the molecule is CC(C)COC(=O)[C@H](C)NP(=O)(CO[C@@H]1C=C(F)[C@H](n2cnc3c(N)ncnc32)O1)N[C@@H](C)C(=O)OCC(C)C. The predicted octanol–water partition coefficient (Wildman–Crippen LogP) is 2.64. The summed E-state index contributed by atoms with van der Waals surface area (Å²) in [5, 5.41) is 5.39. The first-order chi connectivity index (χ1) is 18.8. The molecular weight excluding hydrogens is 548 g/mol. The third kappa shape index (κ3) is 8.27. The average molecular weight is 586 g/mol. The maximum absolute atomic E-state index is 14.9. The van der Waals surface area contributed by atoms with Crippen molar-refractivity contribution in [2.75, 3.05) is 25.3 Å². The third-order valence-corrected chi connectivity index (χ3v) is 7.61. The van der Waals surface area contributed by atoms with Crippen molar-refractivity contribution < 1.29 is 37.5 Å². The number of nitrogens with zero attached hydrogens (tertiary/aromatic N) is 4. The first-order valence-corrected chi connectivity index (χ1v) is 14.7. The molecule has 0 amide bonds. The van der Waals surface area contributed by atoms with Gasteiger partial charge in [-0.05, 0) is 25.7 Å². The molecule has 0 unspecified atom stereocenters. The zero-order valence-electron chi connectivity index (χ0n) is 23.4. The van der Waals surface area contributed by atoms with Gasteiger partial charge in [-0.2, -0.15) is 0 Å². The maximum atomic E-state index is 14.9. The Bertz CT molecular complexity index is 1240. The Kier molecular flexibility index (Phi) is 10.7. The first-order valence-electron chi connectivity index (χ1n) is 12.8. The lowest BCUT2D eigenvalue weighted by molar-refractivity contribution is -0.146. The summed E-state index contributed by atoms with van der Waals surface area (Å²) in [6, 6.07) is -2.04. The number of fused-ring (bicyclic) bond motifs is 1. The highest BCUT2D eigenvalue weighted by Gasteiger charge is 2.36. The van der Waals surface area contributed by atoms with E-state index in [-0.39, 0.29) is 42.0 Å². The highest BCUT2D eigenvalue weighted by atomic mass is 31.2. The lowest BCUT2D eigenvalue weighted by Crippen LogP contribution is -2.43. The van der Waals surface area contributed by atoms with E-state index in [9.17, 15) is 18.5 Å². The molecule has 4 N–H and O–H groups in total. The quantitative estimate of drug-likeness (QED) is 0.218. The molecular formula is C24H37FN7O7P. The van der Waals surface area contributed by atoms with Crippen molar-refractivity contribution in [3.05, 3.63) is 24.6 Å². The Morgan fingerprint density at radius 3 is 2.17 bits per heavy atom. The van der Waals surface area contributed by atoms with Crippen LogP contribution in [-0.4, -0.2) is 69.4 Å². The molecule has 1 aliphatic rings. The van der Waals surface area contributed by atoms with Gasteiger partial charge in [0.1, 0.15) is 30.3 Å². The molecule has 222 valence electrons. The van der Waals surface area contributed by atoms with Gasteiger partial charge >= 0.3 is 11.9 Å². The average Bonchev–Trinajstić information content (AvgIpc) is 3.48. The van der Waals surface area contributed by atoms with Crippen molar-refractivity contribution in [1.82, 2.24) is 29.7 Å². The van der Waals surface area contributed by atoms with E-state index < -0.39 is 56.2 Å². The van der Waals surface area contributed by atoms with Crippen molar-refractivity contribution in [2.45, 2.75) is 66.1 Å². The number of carbonyl (C=O) groups excluding carboxylic acids is 2. The second kappa shape index (κ2) is 13.6. The van der Waals surface area contributed by atoms with E-state index >= 15 is 0 Å². The molecule has 0 spiro atoms. The number of hydrogen-bond donors (Lipinski definition) is 3. The van der Waals surface area contributed by atoms with Crippen molar-refractivity contribution in [2.24, 2.45) is 11.8 Å². The highest BCUT2D eigenvalue weighted by molar-refractivity contribution is 7.59. The molecule has 1 aliphatic heterocycles. The van der Waals surface area contributed by atoms with E-state index in [1.807, 2.05) is 27.7 Å². The van der Waals surface area contributed by atoms with Gasteiger partial charge in [-0.15, -0.1) is 0 Å². The second-order valence-electron chi connectivity index (χ2n) is 10.3. The number of ether oxygens (including phenoxy) is 4. The van der Waals surface area contributed by atoms with E-state index in [1.165, 1.54) is 31.1 Å². The fourth-order valence-corrected chi connectivity index (χ4v) is 5.58. The van der Waals surface area contributed by atoms with Crippen LogP contribution in [0.25, 0.3) is 11.2 Å². The Morgan fingerprint density at radius 1 is 1.05 bits per heavy atom. The summed E-state index contributed by atoms with van der Waals surface area (Å²) in [6.07, 6.45) is 0.488. The maximum Gasteiger partial charge on any atom is 0.323 e. The number of nitrogens with one attached hydrogen (secondary N) is 2. The minimum absolute atomic E-state index is 0.102. The predicted molar refractivity (Wildman–Crippen MR) is 143 cm³/mol. The number of rotatable bonds is 14. The molecule has 0 aromatic carbocycles. The molecule has 4 atom stereocenters. The standard InChI is InChI=1S/C24H37FN7O7P/c1-13(2)8-36-23(33)15(5)30-40(35,31-16(6)24(34)37-9-14(3)4)12-38-18-7-17(25)22(39-18)32-11-29-19-20(26)27-10-28-21(19)32/h7,10-11,13-16,18,22H,8-9,12H2,1-6H3,(H2,26,27,28)(H2,30,31,35)/t15-,16-,18-,22+/m0/s1. The molecule has 3 heterocycles. The molecule has 0 bridgehead atoms. The summed E-state index contributed by atoms with van der Waals surface area (Å²) in [6.45, 7) is 10.8. The number of carbonyl (C=O) groups is 2. The molecule has 2 aromatic rings. The summed E-state index contributed by atoms with van der Waals surface area (Å²) >= 11 is 0. The van der Waals surface area contributed by atoms with Crippen LogP contribution < -0.4 is 15.9 Å². The Morgan fingerprint density at radius 2 is 1.62 bits per heavy atom. The number of anilines is 1. The lowest BCUT2D eigenvalue weighted by Gasteiger charge is -2.27. The van der Waals surface area contributed by atoms with Crippen LogP contribution in [0.15, 0.2) is 24.6 Å². The van der Waals surface area contributed by atoms with Crippen LogP contribution in [0, 0.1) is 11.8 Å². The van der Waals surface area contributed by atoms with Gasteiger partial charge in [0, 0.05) is 6.08 Å². The number of nitrogens with two attached hydrogens (primary N) is 1. The molecule has 0 radical (unpaired) electrons. The Balaban J connectivity index is 1.71. The number of aromatic nitrogens is 4. The minimum Gasteiger partial charge on any atom is -0.464 e. The summed E-state index contributed by atoms with van der Waals surface area (Å²) in [4.78, 5) is 37.0. The Hall–Kier alpha value is -2.97. The Labute approximate surface area is 231 Å². The summed E-state index contributed by atoms with van der Waals surface area (Å²) in [7, 11) is -3.84. The molecule has 3 rings (SSSR count). The molecule has 0 saturated heterocycles. The normalized spacial score (nSPS) is 19.2. The van der Waals surface area contributed by atoms with E-state index in [0.29, 0.717) is 0 Å². The number of imidazole rings is 1. The van der Waals surface area contributed by atoms with Gasteiger partial charge in [-0.3, -0.25) is 18.7 Å². The lowest BCUT2D eigenvalue weighted by atomic mass is 10.2. The number of halogens is 1. The number of nitrogen functional groups attached to an aromatic ring is 1. The van der Waals surface area contributed by atoms with Gasteiger partial charge in [-0.25, -0.2) is 29.5 Å². The van der Waals surface area contributed by atoms with Crippen molar-refractivity contribution in [1.29, 1.82) is 0 Å². The zero-order valence-corrected chi connectivity index (χ0v) is 24.3. The van der Waals surface area contributed by atoms with E-state index in [2.05, 4.69) is 25.1 Å². The molecule has 2 aromatic heterocycles. The smallest absolute Gasteiger partial charge is 0.323 e. The van der Waals surface area contributed by atoms with Gasteiger partial charge in [0.25, 0.3) is 0 Å². The van der Waals surface area contributed by atoms with Crippen LogP contribution in [0.3, 0.4) is 0 Å². The largest absolute Gasteiger partial charge is 0.464 e. The van der Waals surface area contributed by atoms with Gasteiger partial charge in [0.05, 0.1) is 19.5 Å². The monoisotopic (exact) mass is 585 g/mol. The van der Waals surface area contributed by atoms with E-state index in [0.717, 1.165) is 6.08 Å². The summed E-state index contributed by atoms with van der Waals surface area (Å²) < 4.78 is 51.9. The summed E-state index contributed by atoms with van der Waals surface area (Å²) in [5.74, 6) is -1.65. The van der Waals surface area contributed by atoms with Crippen LogP contribution in [0.5, 0.6) is 0 Å². The second-order valence-corrected chi connectivity index (χ2v) is 12.5. The van der Waals surface area contributed by atoms with E-state index in [4.69, 9.17) is 24.7 Å². The fourth-order valence-electron chi connectivity index (χ4n) is 3.54. The van der Waals surface area contributed by atoms with Crippen LogP contribution in [0.4, 0.5) is 10.2 Å². The van der Waals surface area contributed by atoms with Gasteiger partial charge in [0.2, 0.25) is 7.44 Å². The van der Waals surface area contributed by atoms with Crippen LogP contribution in [-0.2, 0) is 33.1 Å². The minimum atomic E-state index is -3.84. The molecule has 0 fully saturated rings. The van der Waals surface area contributed by atoms with E-state index in [1.54, 1.807) is 0 Å². The van der Waals surface area contributed by atoms with Gasteiger partial charge < -0.3 is 24.7 Å². The molecule has 14 nitrogen and oxygen atoms in total. The van der Waals surface area contributed by atoms with Gasteiger partial charge in [-0.1, -0.05) is 27.7 Å². The third-order valence-electron chi connectivity index (χ3n) is 5.48. The molecule has 40 heavy (non-hydrogen) atoms. The van der Waals surface area contributed by atoms with Crippen molar-refractivity contribution in [3.8, 4) is 0 Å². The summed E-state index contributed by atoms with van der Waals surface area (Å²) in [5.41, 5.74) is 6.33. The van der Waals surface area contributed by atoms with Gasteiger partial charge in [0.15, 0.2) is 29.8 Å². The van der Waals surface area contributed by atoms with Crippen LogP contribution in [0.1, 0.15) is 47.8 Å². The van der Waals surface area contributed by atoms with Crippen molar-refractivity contribution >= 4 is 36.4 Å². The zero-order chi connectivity index (χ0) is 29.6. The number of esters is 2. The molecule has 0 saturated carbocycles. The fraction of sp³-hybridized carbons (Fsp3) is 0.625. The number of hydrogen-bond acceptors (Lipinski definition) is 11. The van der Waals surface area contributed by atoms with Crippen LogP contribution >= 0.6 is 7.44 Å². The highest BCUT2D eigenvalue weighted by Crippen LogP contribution is 2.40. The first kappa shape index (κ1) is 31.6. The van der Waals surface area contributed by atoms with Crippen molar-refractivity contribution in [3.63, 3.8) is 0 Å².